The van der Waals surface area contributed by atoms with E-state index >= 15 is 0 Å². The number of hydrogen-bond acceptors (Lipinski definition) is 3. The molecule has 0 bridgehead atoms. The Morgan fingerprint density at radius 3 is 2.93 bits per heavy atom. The number of nitrogen functional groups attached to an aromatic ring is 1. The van der Waals surface area contributed by atoms with Gasteiger partial charge in [-0.15, -0.1) is 11.8 Å². The zero-order chi connectivity index (χ0) is 10.7. The maximum Gasteiger partial charge on any atom is 0.0453 e. The van der Waals surface area contributed by atoms with Gasteiger partial charge in [0.05, 0.1) is 0 Å². The molecule has 2 aromatic rings. The fraction of sp³-hybridized carbons (Fsp3) is 0.0909. The van der Waals surface area contributed by atoms with Crippen molar-refractivity contribution >= 4 is 44.7 Å². The van der Waals surface area contributed by atoms with E-state index in [-0.39, 0.29) is 0 Å². The van der Waals surface area contributed by atoms with Crippen LogP contribution in [0.25, 0.3) is 0 Å². The van der Waals surface area contributed by atoms with Crippen molar-refractivity contribution in [3.8, 4) is 0 Å². The second kappa shape index (κ2) is 5.05. The largest absolute Gasteiger partial charge is 0.398 e. The number of halogens is 1. The van der Waals surface area contributed by atoms with Gasteiger partial charge in [-0.05, 0) is 40.6 Å². The fourth-order valence-corrected chi connectivity index (χ4v) is 3.40. The minimum atomic E-state index is 0.846. The summed E-state index contributed by atoms with van der Waals surface area (Å²) in [6.45, 7) is 0. The lowest BCUT2D eigenvalue weighted by molar-refractivity contribution is 1.40. The van der Waals surface area contributed by atoms with E-state index < -0.39 is 0 Å². The maximum atomic E-state index is 5.89. The van der Waals surface area contributed by atoms with Crippen LogP contribution in [0.15, 0.2) is 44.4 Å². The van der Waals surface area contributed by atoms with Gasteiger partial charge in [-0.3, -0.25) is 0 Å². The molecule has 4 heteroatoms. The predicted octanol–water partition coefficient (Wildman–Crippen LogP) is 4.39. The van der Waals surface area contributed by atoms with Gasteiger partial charge < -0.3 is 5.73 Å². The van der Waals surface area contributed by atoms with Crippen LogP contribution in [0.3, 0.4) is 0 Å². The molecule has 0 radical (unpaired) electrons. The molecule has 0 atom stereocenters. The molecule has 15 heavy (non-hydrogen) atoms. The number of hydrogen-bond donors (Lipinski definition) is 1. The van der Waals surface area contributed by atoms with Crippen LogP contribution in [0, 0.1) is 0 Å². The highest BCUT2D eigenvalue weighted by Gasteiger charge is 2.01. The Morgan fingerprint density at radius 2 is 2.20 bits per heavy atom. The van der Waals surface area contributed by atoms with Gasteiger partial charge in [0.15, 0.2) is 0 Å². The van der Waals surface area contributed by atoms with Crippen molar-refractivity contribution in [2.75, 3.05) is 5.73 Å². The van der Waals surface area contributed by atoms with Crippen molar-refractivity contribution in [2.24, 2.45) is 0 Å². The summed E-state index contributed by atoms with van der Waals surface area (Å²) in [6.07, 6.45) is 0. The van der Waals surface area contributed by atoms with Gasteiger partial charge in [0.2, 0.25) is 0 Å². The number of thioether (sulfide) groups is 1. The van der Waals surface area contributed by atoms with E-state index in [9.17, 15) is 0 Å². The molecule has 0 aliphatic carbocycles. The summed E-state index contributed by atoms with van der Waals surface area (Å²) in [4.78, 5) is 1.13. The monoisotopic (exact) mass is 299 g/mol. The van der Waals surface area contributed by atoms with Crippen LogP contribution in [-0.4, -0.2) is 0 Å². The van der Waals surface area contributed by atoms with Crippen molar-refractivity contribution in [1.29, 1.82) is 0 Å². The Balaban J connectivity index is 2.07. The molecule has 0 amide bonds. The molecular weight excluding hydrogens is 290 g/mol. The third-order valence-electron chi connectivity index (χ3n) is 1.95. The standard InChI is InChI=1S/C11H10BrNS2/c12-9-1-2-10(13)11(5-9)15-7-8-3-4-14-6-8/h1-6H,7,13H2. The second-order valence-electron chi connectivity index (χ2n) is 3.10. The average molecular weight is 300 g/mol. The van der Waals surface area contributed by atoms with Crippen LogP contribution in [-0.2, 0) is 5.75 Å². The zero-order valence-electron chi connectivity index (χ0n) is 7.94. The third-order valence-corrected chi connectivity index (χ3v) is 4.32. The average Bonchev–Trinajstić information content (AvgIpc) is 2.72. The summed E-state index contributed by atoms with van der Waals surface area (Å²) in [5.41, 5.74) is 8.09. The first-order valence-corrected chi connectivity index (χ1v) is 7.17. The van der Waals surface area contributed by atoms with Crippen LogP contribution >= 0.6 is 39.0 Å². The maximum absolute atomic E-state index is 5.89. The van der Waals surface area contributed by atoms with Crippen molar-refractivity contribution in [2.45, 2.75) is 10.6 Å². The highest BCUT2D eigenvalue weighted by molar-refractivity contribution is 9.10. The van der Waals surface area contributed by atoms with E-state index in [1.165, 1.54) is 5.56 Å². The van der Waals surface area contributed by atoms with Gasteiger partial charge in [-0.25, -0.2) is 0 Å². The Morgan fingerprint density at radius 1 is 1.33 bits per heavy atom. The van der Waals surface area contributed by atoms with Gasteiger partial charge >= 0.3 is 0 Å². The number of rotatable bonds is 3. The van der Waals surface area contributed by atoms with Gasteiger partial charge in [0.25, 0.3) is 0 Å². The summed E-state index contributed by atoms with van der Waals surface area (Å²) in [7, 11) is 0. The third kappa shape index (κ3) is 3.00. The summed E-state index contributed by atoms with van der Waals surface area (Å²) < 4.78 is 1.07. The van der Waals surface area contributed by atoms with Crippen molar-refractivity contribution < 1.29 is 0 Å². The highest BCUT2D eigenvalue weighted by atomic mass is 79.9. The van der Waals surface area contributed by atoms with Crippen LogP contribution < -0.4 is 5.73 Å². The Hall–Kier alpha value is -0.450. The molecule has 0 unspecified atom stereocenters. The summed E-state index contributed by atoms with van der Waals surface area (Å²) in [6, 6.07) is 8.10. The van der Waals surface area contributed by atoms with E-state index in [4.69, 9.17) is 5.73 Å². The first-order chi connectivity index (χ1) is 7.25. The Labute approximate surface area is 106 Å². The smallest absolute Gasteiger partial charge is 0.0453 e. The van der Waals surface area contributed by atoms with E-state index in [0.29, 0.717) is 0 Å². The van der Waals surface area contributed by atoms with E-state index in [2.05, 4.69) is 38.8 Å². The first-order valence-electron chi connectivity index (χ1n) is 4.44. The summed E-state index contributed by atoms with van der Waals surface area (Å²) in [5.74, 6) is 0.976. The van der Waals surface area contributed by atoms with Crippen LogP contribution in [0.1, 0.15) is 5.56 Å². The highest BCUT2D eigenvalue weighted by Crippen LogP contribution is 2.30. The number of thiophene rings is 1. The van der Waals surface area contributed by atoms with E-state index in [1.54, 1.807) is 23.1 Å². The van der Waals surface area contributed by atoms with E-state index in [1.807, 2.05) is 12.1 Å². The fourth-order valence-electron chi connectivity index (χ4n) is 1.17. The number of benzene rings is 1. The lowest BCUT2D eigenvalue weighted by Crippen LogP contribution is -1.88. The van der Waals surface area contributed by atoms with Crippen LogP contribution in [0.4, 0.5) is 5.69 Å². The van der Waals surface area contributed by atoms with Crippen LogP contribution in [0.2, 0.25) is 0 Å². The van der Waals surface area contributed by atoms with E-state index in [0.717, 1.165) is 20.8 Å². The molecule has 78 valence electrons. The van der Waals surface area contributed by atoms with Crippen molar-refractivity contribution in [1.82, 2.24) is 0 Å². The molecule has 0 fully saturated rings. The van der Waals surface area contributed by atoms with Gasteiger partial charge in [0, 0.05) is 20.8 Å². The molecule has 1 aromatic carbocycles. The number of nitrogens with two attached hydrogens (primary N) is 1. The quantitative estimate of drug-likeness (QED) is 0.672. The molecular formula is C11H10BrNS2. The summed E-state index contributed by atoms with van der Waals surface area (Å²) in [5, 5.41) is 4.27. The topological polar surface area (TPSA) is 26.0 Å². The Bertz CT molecular complexity index is 440. The van der Waals surface area contributed by atoms with Crippen molar-refractivity contribution in [3.05, 3.63) is 45.1 Å². The molecule has 1 aromatic heterocycles. The minimum Gasteiger partial charge on any atom is -0.398 e. The normalized spacial score (nSPS) is 10.5. The molecule has 0 spiro atoms. The molecule has 1 heterocycles. The van der Waals surface area contributed by atoms with Gasteiger partial charge in [-0.2, -0.15) is 11.3 Å². The molecule has 0 saturated carbocycles. The molecule has 0 saturated heterocycles. The molecule has 2 rings (SSSR count). The molecule has 2 N–H and O–H groups in total. The minimum absolute atomic E-state index is 0.846. The summed E-state index contributed by atoms with van der Waals surface area (Å²) >= 11 is 6.95. The lowest BCUT2D eigenvalue weighted by atomic mass is 10.3. The van der Waals surface area contributed by atoms with Crippen LogP contribution in [0.5, 0.6) is 0 Å². The van der Waals surface area contributed by atoms with Crippen molar-refractivity contribution in [3.63, 3.8) is 0 Å². The predicted molar refractivity (Wildman–Crippen MR) is 72.4 cm³/mol. The molecule has 0 aliphatic rings. The zero-order valence-corrected chi connectivity index (χ0v) is 11.2. The van der Waals surface area contributed by atoms with Gasteiger partial charge in [0.1, 0.15) is 0 Å². The SMILES string of the molecule is Nc1ccc(Br)cc1SCc1ccsc1. The first kappa shape index (κ1) is 11.0. The number of anilines is 1. The Kier molecular flexibility index (Phi) is 3.72. The second-order valence-corrected chi connectivity index (χ2v) is 5.82. The molecule has 0 aliphatic heterocycles. The lowest BCUT2D eigenvalue weighted by Gasteiger charge is -2.04. The van der Waals surface area contributed by atoms with Gasteiger partial charge in [-0.1, -0.05) is 15.9 Å². The molecule has 1 nitrogen and oxygen atoms in total.